The molecule has 194 valence electrons. The van der Waals surface area contributed by atoms with Gasteiger partial charge in [0.15, 0.2) is 0 Å². The summed E-state index contributed by atoms with van der Waals surface area (Å²) in [6, 6.07) is 7.94. The van der Waals surface area contributed by atoms with Gasteiger partial charge in [0.05, 0.1) is 34.8 Å². The van der Waals surface area contributed by atoms with Gasteiger partial charge in [0.2, 0.25) is 0 Å². The summed E-state index contributed by atoms with van der Waals surface area (Å²) in [4.78, 5) is 21.7. The number of aliphatic hydroxyl groups excluding tert-OH is 1. The molecule has 4 rings (SSSR count). The van der Waals surface area contributed by atoms with E-state index in [1.165, 1.54) is 0 Å². The highest BCUT2D eigenvalue weighted by Gasteiger charge is 2.24. The second-order valence-corrected chi connectivity index (χ2v) is 9.46. The summed E-state index contributed by atoms with van der Waals surface area (Å²) in [5, 5.41) is 23.2. The fraction of sp³-hybridized carbons (Fsp3) is 0.440. The molecule has 36 heavy (non-hydrogen) atoms. The molecule has 0 spiro atoms. The molecule has 10 nitrogen and oxygen atoms in total. The second kappa shape index (κ2) is 11.3. The maximum absolute atomic E-state index is 12.8. The minimum absolute atomic E-state index is 0.167. The van der Waals surface area contributed by atoms with Crippen LogP contribution in [0.3, 0.4) is 0 Å². The number of benzene rings is 1. The summed E-state index contributed by atoms with van der Waals surface area (Å²) < 4.78 is 0. The highest BCUT2D eigenvalue weighted by molar-refractivity contribution is 6.33. The first kappa shape index (κ1) is 26.0. The summed E-state index contributed by atoms with van der Waals surface area (Å²) in [6.07, 6.45) is 3.71. The number of β-amino-alcohol motifs (C(OH)–C–C–N with tert-alkyl or cyclic N) is 1. The van der Waals surface area contributed by atoms with Crippen molar-refractivity contribution in [1.82, 2.24) is 25.2 Å². The van der Waals surface area contributed by atoms with Gasteiger partial charge in [-0.1, -0.05) is 11.6 Å². The Bertz CT molecular complexity index is 1120. The van der Waals surface area contributed by atoms with Crippen molar-refractivity contribution in [3.8, 4) is 0 Å². The average molecular weight is 515 g/mol. The lowest BCUT2D eigenvalue weighted by Crippen LogP contribution is -2.47. The minimum atomic E-state index is -0.184. The van der Waals surface area contributed by atoms with E-state index in [2.05, 4.69) is 48.7 Å². The Balaban J connectivity index is 1.54. The highest BCUT2D eigenvalue weighted by Crippen LogP contribution is 2.32. The van der Waals surface area contributed by atoms with E-state index in [1.807, 2.05) is 43.4 Å². The number of amides is 1. The number of nitrogens with one attached hydrogen (secondary N) is 3. The molecule has 3 heterocycles. The minimum Gasteiger partial charge on any atom is -0.395 e. The van der Waals surface area contributed by atoms with Crippen molar-refractivity contribution in [3.05, 3.63) is 52.9 Å². The maximum atomic E-state index is 12.8. The lowest BCUT2D eigenvalue weighted by atomic mass is 10.1. The van der Waals surface area contributed by atoms with Crippen LogP contribution in [0.1, 0.15) is 17.3 Å². The largest absolute Gasteiger partial charge is 0.395 e. The van der Waals surface area contributed by atoms with Crippen molar-refractivity contribution in [1.29, 1.82) is 0 Å². The van der Waals surface area contributed by atoms with Gasteiger partial charge in [0.1, 0.15) is 11.6 Å². The topological polar surface area (TPSA) is 99.2 Å². The van der Waals surface area contributed by atoms with Crippen molar-refractivity contribution in [3.63, 3.8) is 0 Å². The number of pyridine rings is 1. The van der Waals surface area contributed by atoms with Crippen LogP contribution >= 0.6 is 11.6 Å². The van der Waals surface area contributed by atoms with Gasteiger partial charge in [0.25, 0.3) is 5.91 Å². The molecule has 1 fully saturated rings. The van der Waals surface area contributed by atoms with E-state index in [9.17, 15) is 9.90 Å². The Morgan fingerprint density at radius 1 is 1.14 bits per heavy atom. The molecule has 0 bridgehead atoms. The van der Waals surface area contributed by atoms with Crippen LogP contribution in [-0.4, -0.2) is 97.4 Å². The summed E-state index contributed by atoms with van der Waals surface area (Å²) in [7, 11) is 5.63. The number of rotatable bonds is 8. The summed E-state index contributed by atoms with van der Waals surface area (Å²) in [5.41, 5.74) is 2.82. The van der Waals surface area contributed by atoms with E-state index in [0.717, 1.165) is 37.7 Å². The van der Waals surface area contributed by atoms with Crippen LogP contribution in [0.15, 0.2) is 42.4 Å². The third kappa shape index (κ3) is 5.67. The SMILES string of the molecule is CNC(=O)c1cc(N2CCN(CCO)CC2)ccc1Nc1cc(NC2=CC(C)N(C)N2C)ncc1Cl. The molecule has 1 aromatic heterocycles. The molecular weight excluding hydrogens is 480 g/mol. The monoisotopic (exact) mass is 514 g/mol. The number of carbonyl (C=O) groups is 1. The number of likely N-dealkylation sites (N-methyl/N-ethyl adjacent to an activating group) is 1. The zero-order valence-corrected chi connectivity index (χ0v) is 22.0. The number of aliphatic hydroxyl groups is 1. The smallest absolute Gasteiger partial charge is 0.253 e. The van der Waals surface area contributed by atoms with Gasteiger partial charge >= 0.3 is 0 Å². The van der Waals surface area contributed by atoms with Crippen LogP contribution in [0.25, 0.3) is 0 Å². The molecule has 2 aliphatic heterocycles. The van der Waals surface area contributed by atoms with Crippen molar-refractivity contribution in [2.24, 2.45) is 0 Å². The van der Waals surface area contributed by atoms with Gasteiger partial charge in [-0.2, -0.15) is 0 Å². The number of anilines is 4. The molecule has 0 aliphatic carbocycles. The molecule has 0 saturated carbocycles. The Hall–Kier alpha value is -3.05. The molecule has 1 unspecified atom stereocenters. The molecule has 2 aliphatic rings. The third-order valence-corrected chi connectivity index (χ3v) is 7.12. The lowest BCUT2D eigenvalue weighted by Gasteiger charge is -2.36. The lowest BCUT2D eigenvalue weighted by molar-refractivity contribution is 0.0704. The number of hydrogen-bond acceptors (Lipinski definition) is 9. The summed E-state index contributed by atoms with van der Waals surface area (Å²) in [5.74, 6) is 1.39. The van der Waals surface area contributed by atoms with Gasteiger partial charge in [-0.05, 0) is 31.2 Å². The summed E-state index contributed by atoms with van der Waals surface area (Å²) in [6.45, 7) is 6.39. The van der Waals surface area contributed by atoms with Gasteiger partial charge in [0, 0.05) is 71.7 Å². The Morgan fingerprint density at radius 2 is 1.89 bits per heavy atom. The van der Waals surface area contributed by atoms with Crippen LogP contribution in [0.5, 0.6) is 0 Å². The van der Waals surface area contributed by atoms with Gasteiger partial charge < -0.3 is 26.0 Å². The molecule has 1 aromatic carbocycles. The number of hydrazine groups is 1. The first-order valence-electron chi connectivity index (χ1n) is 12.1. The fourth-order valence-corrected chi connectivity index (χ4v) is 4.57. The Morgan fingerprint density at radius 3 is 2.53 bits per heavy atom. The Kier molecular flexibility index (Phi) is 8.20. The molecule has 1 atom stereocenters. The van der Waals surface area contributed by atoms with Crippen LogP contribution in [0.2, 0.25) is 5.02 Å². The molecule has 4 N–H and O–H groups in total. The van der Waals surface area contributed by atoms with Crippen LogP contribution in [0.4, 0.5) is 22.9 Å². The molecule has 1 amide bonds. The Labute approximate surface area is 217 Å². The molecule has 2 aromatic rings. The van der Waals surface area contributed by atoms with Gasteiger partial charge in [-0.25, -0.2) is 9.99 Å². The number of halogens is 1. The standard InChI is InChI=1S/C25H35ClN8O2/c1-17-13-24(32(4)31(17)3)30-23-15-22(20(26)16-28-23)29-21-6-5-18(14-19(21)25(36)27-2)34-9-7-33(8-10-34)11-12-35/h5-6,13-17,35H,7-12H2,1-4H3,(H,27,36)(H2,28,29,30). The predicted molar refractivity (Wildman–Crippen MR) is 145 cm³/mol. The van der Waals surface area contributed by atoms with E-state index >= 15 is 0 Å². The van der Waals surface area contributed by atoms with Crippen molar-refractivity contribution >= 4 is 40.4 Å². The molecular formula is C25H35ClN8O2. The van der Waals surface area contributed by atoms with Gasteiger partial charge in [-0.15, -0.1) is 0 Å². The van der Waals surface area contributed by atoms with E-state index < -0.39 is 0 Å². The van der Waals surface area contributed by atoms with Crippen LogP contribution in [-0.2, 0) is 0 Å². The number of hydrogen-bond donors (Lipinski definition) is 4. The number of aromatic nitrogens is 1. The quantitative estimate of drug-likeness (QED) is 0.423. The second-order valence-electron chi connectivity index (χ2n) is 9.05. The molecule has 11 heteroatoms. The number of nitrogens with zero attached hydrogens (tertiary/aromatic N) is 5. The first-order chi connectivity index (χ1) is 17.3. The number of piperazine rings is 1. The molecule has 1 saturated heterocycles. The van der Waals surface area contributed by atoms with Crippen LogP contribution < -0.4 is 20.9 Å². The first-order valence-corrected chi connectivity index (χ1v) is 12.5. The third-order valence-electron chi connectivity index (χ3n) is 6.82. The fourth-order valence-electron chi connectivity index (χ4n) is 4.42. The van der Waals surface area contributed by atoms with E-state index in [0.29, 0.717) is 34.3 Å². The molecule has 0 radical (unpaired) electrons. The van der Waals surface area contributed by atoms with E-state index in [-0.39, 0.29) is 18.6 Å². The average Bonchev–Trinajstić information content (AvgIpc) is 3.12. The van der Waals surface area contributed by atoms with Crippen molar-refractivity contribution in [2.75, 3.05) is 76.0 Å². The van der Waals surface area contributed by atoms with Crippen LogP contribution in [0, 0.1) is 0 Å². The normalized spacial score (nSPS) is 18.8. The van der Waals surface area contributed by atoms with E-state index in [1.54, 1.807) is 13.2 Å². The predicted octanol–water partition coefficient (Wildman–Crippen LogP) is 2.39. The van der Waals surface area contributed by atoms with E-state index in [4.69, 9.17) is 11.6 Å². The van der Waals surface area contributed by atoms with Gasteiger partial charge in [-0.3, -0.25) is 14.7 Å². The highest BCUT2D eigenvalue weighted by atomic mass is 35.5. The maximum Gasteiger partial charge on any atom is 0.253 e. The van der Waals surface area contributed by atoms with Crippen molar-refractivity contribution < 1.29 is 9.90 Å². The summed E-state index contributed by atoms with van der Waals surface area (Å²) >= 11 is 6.48. The van der Waals surface area contributed by atoms with Crippen molar-refractivity contribution in [2.45, 2.75) is 13.0 Å². The zero-order chi connectivity index (χ0) is 25.8. The number of carbonyl (C=O) groups excluding carboxylic acids is 1. The zero-order valence-electron chi connectivity index (χ0n) is 21.3.